The van der Waals surface area contributed by atoms with Crippen LogP contribution in [0.5, 0.6) is 0 Å². The molecule has 2 heterocycles. The zero-order chi connectivity index (χ0) is 14.0. The molecule has 0 aromatic carbocycles. The molecule has 2 aromatic heterocycles. The minimum atomic E-state index is 0.817. The van der Waals surface area contributed by atoms with Gasteiger partial charge in [-0.15, -0.1) is 11.3 Å². The molecule has 2 rings (SSSR count). The third kappa shape index (κ3) is 2.98. The van der Waals surface area contributed by atoms with E-state index in [1.54, 1.807) is 11.3 Å². The van der Waals surface area contributed by atoms with Crippen molar-refractivity contribution in [3.8, 4) is 11.4 Å². The lowest BCUT2D eigenvalue weighted by Crippen LogP contribution is -2.03. The van der Waals surface area contributed by atoms with E-state index in [0.29, 0.717) is 0 Å². The first-order chi connectivity index (χ1) is 9.06. The zero-order valence-electron chi connectivity index (χ0n) is 11.7. The predicted octanol–water partition coefficient (Wildman–Crippen LogP) is 4.58. The van der Waals surface area contributed by atoms with Crippen molar-refractivity contribution >= 4 is 33.1 Å². The molecule has 0 spiro atoms. The molecule has 0 fully saturated rings. The molecular weight excluding hydrogens is 322 g/mol. The van der Waals surface area contributed by atoms with E-state index in [9.17, 15) is 0 Å². The Balaban J connectivity index is 2.57. The van der Waals surface area contributed by atoms with E-state index in [2.05, 4.69) is 53.1 Å². The molecule has 102 valence electrons. The van der Waals surface area contributed by atoms with Crippen LogP contribution in [0.15, 0.2) is 10.5 Å². The van der Waals surface area contributed by atoms with Gasteiger partial charge in [0, 0.05) is 22.4 Å². The molecular formula is C14H18BrN3S. The van der Waals surface area contributed by atoms with Gasteiger partial charge in [0.05, 0.1) is 10.2 Å². The van der Waals surface area contributed by atoms with Gasteiger partial charge in [0.2, 0.25) is 0 Å². The Morgan fingerprint density at radius 2 is 2.05 bits per heavy atom. The summed E-state index contributed by atoms with van der Waals surface area (Å²) in [5.74, 6) is 1.68. The largest absolute Gasteiger partial charge is 0.372 e. The average molecular weight is 340 g/mol. The first-order valence-electron chi connectivity index (χ1n) is 6.38. The minimum Gasteiger partial charge on any atom is -0.372 e. The number of nitrogens with one attached hydrogen (secondary N) is 1. The summed E-state index contributed by atoms with van der Waals surface area (Å²) in [5.41, 5.74) is 2.21. The molecule has 0 amide bonds. The highest BCUT2D eigenvalue weighted by atomic mass is 79.9. The summed E-state index contributed by atoms with van der Waals surface area (Å²) in [7, 11) is 1.89. The maximum atomic E-state index is 4.72. The minimum absolute atomic E-state index is 0.817. The lowest BCUT2D eigenvalue weighted by atomic mass is 10.2. The van der Waals surface area contributed by atoms with Crippen LogP contribution in [-0.2, 0) is 6.42 Å². The molecule has 19 heavy (non-hydrogen) atoms. The fourth-order valence-corrected chi connectivity index (χ4v) is 3.53. The Bertz CT molecular complexity index is 593. The Kier molecular flexibility index (Phi) is 4.58. The van der Waals surface area contributed by atoms with Crippen molar-refractivity contribution in [2.75, 3.05) is 12.4 Å². The molecule has 0 saturated heterocycles. The van der Waals surface area contributed by atoms with Gasteiger partial charge in [-0.25, -0.2) is 9.97 Å². The summed E-state index contributed by atoms with van der Waals surface area (Å²) in [5, 5.41) is 3.14. The molecule has 2 aromatic rings. The van der Waals surface area contributed by atoms with Crippen LogP contribution in [-0.4, -0.2) is 17.0 Å². The lowest BCUT2D eigenvalue weighted by molar-refractivity contribution is 0.869. The molecule has 0 saturated carbocycles. The first-order valence-corrected chi connectivity index (χ1v) is 7.99. The van der Waals surface area contributed by atoms with Crippen molar-refractivity contribution in [2.45, 2.75) is 33.6 Å². The molecule has 0 unspecified atom stereocenters. The van der Waals surface area contributed by atoms with E-state index >= 15 is 0 Å². The van der Waals surface area contributed by atoms with E-state index in [4.69, 9.17) is 4.98 Å². The van der Waals surface area contributed by atoms with Crippen LogP contribution in [0.4, 0.5) is 5.82 Å². The van der Waals surface area contributed by atoms with E-state index in [-0.39, 0.29) is 0 Å². The Hall–Kier alpha value is -0.940. The van der Waals surface area contributed by atoms with Gasteiger partial charge >= 0.3 is 0 Å². The number of halogens is 1. The molecule has 0 radical (unpaired) electrons. The molecule has 3 nitrogen and oxygen atoms in total. The van der Waals surface area contributed by atoms with E-state index in [1.165, 1.54) is 9.75 Å². The van der Waals surface area contributed by atoms with E-state index in [1.807, 2.05) is 7.05 Å². The van der Waals surface area contributed by atoms with Gasteiger partial charge in [-0.3, -0.25) is 0 Å². The number of aromatic nitrogens is 2. The van der Waals surface area contributed by atoms with Crippen LogP contribution in [0.25, 0.3) is 11.4 Å². The number of hydrogen-bond acceptors (Lipinski definition) is 4. The summed E-state index contributed by atoms with van der Waals surface area (Å²) in [6.45, 7) is 6.40. The van der Waals surface area contributed by atoms with Gasteiger partial charge in [0.25, 0.3) is 0 Å². The van der Waals surface area contributed by atoms with Crippen molar-refractivity contribution in [2.24, 2.45) is 0 Å². The molecule has 0 atom stereocenters. The smallest absolute Gasteiger partial charge is 0.162 e. The summed E-state index contributed by atoms with van der Waals surface area (Å²) in [6.07, 6.45) is 2.02. The second-order valence-electron chi connectivity index (χ2n) is 4.48. The normalized spacial score (nSPS) is 10.8. The molecule has 0 aliphatic carbocycles. The average Bonchev–Trinajstić information content (AvgIpc) is 2.71. The first kappa shape index (κ1) is 14.5. The molecule has 5 heteroatoms. The van der Waals surface area contributed by atoms with E-state index in [0.717, 1.165) is 40.2 Å². The highest BCUT2D eigenvalue weighted by Gasteiger charge is 2.14. The quantitative estimate of drug-likeness (QED) is 0.885. The van der Waals surface area contributed by atoms with Crippen molar-refractivity contribution in [1.82, 2.24) is 9.97 Å². The van der Waals surface area contributed by atoms with Gasteiger partial charge in [0.15, 0.2) is 5.82 Å². The Morgan fingerprint density at radius 3 is 2.58 bits per heavy atom. The van der Waals surface area contributed by atoms with Crippen LogP contribution in [0, 0.1) is 13.8 Å². The van der Waals surface area contributed by atoms with Crippen molar-refractivity contribution in [1.29, 1.82) is 0 Å². The maximum absolute atomic E-state index is 4.72. The SMILES string of the molecule is CCCc1nc(-c2cc(C)sc2C)nc(NC)c1Br. The lowest BCUT2D eigenvalue weighted by Gasteiger charge is -2.10. The fraction of sp³-hybridized carbons (Fsp3) is 0.429. The number of thiophene rings is 1. The van der Waals surface area contributed by atoms with Gasteiger partial charge < -0.3 is 5.32 Å². The van der Waals surface area contributed by atoms with Gasteiger partial charge in [0.1, 0.15) is 5.82 Å². The monoisotopic (exact) mass is 339 g/mol. The van der Waals surface area contributed by atoms with Crippen molar-refractivity contribution in [3.05, 3.63) is 26.0 Å². The third-order valence-electron chi connectivity index (χ3n) is 2.93. The van der Waals surface area contributed by atoms with Crippen LogP contribution >= 0.6 is 27.3 Å². The Labute approximate surface area is 126 Å². The standard InChI is InChI=1S/C14H18BrN3S/c1-5-6-11-12(15)14(16-4)18-13(17-11)10-7-8(2)19-9(10)3/h7H,5-6H2,1-4H3,(H,16,17,18). The number of nitrogens with zero attached hydrogens (tertiary/aromatic N) is 2. The number of anilines is 1. The number of rotatable bonds is 4. The molecule has 0 aliphatic rings. The van der Waals surface area contributed by atoms with E-state index < -0.39 is 0 Å². The van der Waals surface area contributed by atoms with Crippen LogP contribution in [0.1, 0.15) is 28.8 Å². The van der Waals surface area contributed by atoms with Crippen molar-refractivity contribution in [3.63, 3.8) is 0 Å². The number of hydrogen-bond donors (Lipinski definition) is 1. The highest BCUT2D eigenvalue weighted by molar-refractivity contribution is 9.10. The molecule has 0 bridgehead atoms. The van der Waals surface area contributed by atoms with Crippen LogP contribution in [0.3, 0.4) is 0 Å². The fourth-order valence-electron chi connectivity index (χ4n) is 2.03. The predicted molar refractivity (Wildman–Crippen MR) is 86.1 cm³/mol. The summed E-state index contributed by atoms with van der Waals surface area (Å²) in [6, 6.07) is 2.17. The van der Waals surface area contributed by atoms with Gasteiger partial charge in [-0.2, -0.15) is 0 Å². The van der Waals surface area contributed by atoms with Gasteiger partial charge in [-0.1, -0.05) is 13.3 Å². The topological polar surface area (TPSA) is 37.8 Å². The summed E-state index contributed by atoms with van der Waals surface area (Å²) in [4.78, 5) is 11.9. The van der Waals surface area contributed by atoms with Crippen LogP contribution < -0.4 is 5.32 Å². The highest BCUT2D eigenvalue weighted by Crippen LogP contribution is 2.32. The second-order valence-corrected chi connectivity index (χ2v) is 6.74. The Morgan fingerprint density at radius 1 is 1.32 bits per heavy atom. The maximum Gasteiger partial charge on any atom is 0.162 e. The van der Waals surface area contributed by atoms with Gasteiger partial charge in [-0.05, 0) is 42.3 Å². The third-order valence-corrected chi connectivity index (χ3v) is 4.72. The van der Waals surface area contributed by atoms with Crippen LogP contribution in [0.2, 0.25) is 0 Å². The molecule has 0 aliphatic heterocycles. The summed E-state index contributed by atoms with van der Waals surface area (Å²) < 4.78 is 0.977. The van der Waals surface area contributed by atoms with Crippen molar-refractivity contribution < 1.29 is 0 Å². The zero-order valence-corrected chi connectivity index (χ0v) is 14.1. The molecule has 1 N–H and O–H groups in total. The number of aryl methyl sites for hydroxylation is 3. The summed E-state index contributed by atoms with van der Waals surface area (Å²) >= 11 is 5.38. The second kappa shape index (κ2) is 6.01.